The van der Waals surface area contributed by atoms with Crippen molar-refractivity contribution < 1.29 is 27.4 Å². The number of carbonyl (C=O) groups is 1. The normalized spacial score (nSPS) is 19.6. The Kier molecular flexibility index (Phi) is 6.43. The molecule has 176 valence electrons. The SMILES string of the molecule is COc1ccc(N=C2S[C@](c3ccccc3)(C(F)(F)F)NC(=O)N2c2ccc(OC)cc2)cc1. The number of hydrogen-bond acceptors (Lipinski definition) is 5. The van der Waals surface area contributed by atoms with E-state index in [2.05, 4.69) is 10.3 Å². The molecule has 1 fully saturated rings. The molecule has 1 aliphatic heterocycles. The van der Waals surface area contributed by atoms with E-state index in [9.17, 15) is 18.0 Å². The van der Waals surface area contributed by atoms with E-state index in [1.165, 1.54) is 38.5 Å². The highest BCUT2D eigenvalue weighted by molar-refractivity contribution is 8.15. The molecule has 3 aromatic carbocycles. The van der Waals surface area contributed by atoms with Crippen LogP contribution in [0.1, 0.15) is 5.56 Å². The van der Waals surface area contributed by atoms with Crippen LogP contribution in [-0.2, 0) is 4.87 Å². The van der Waals surface area contributed by atoms with Crippen molar-refractivity contribution in [2.75, 3.05) is 19.1 Å². The molecule has 0 unspecified atom stereocenters. The number of rotatable bonds is 5. The van der Waals surface area contributed by atoms with Gasteiger partial charge in [0.2, 0.25) is 4.87 Å². The van der Waals surface area contributed by atoms with E-state index < -0.39 is 17.1 Å². The van der Waals surface area contributed by atoms with Crippen molar-refractivity contribution in [2.24, 2.45) is 4.99 Å². The zero-order valence-electron chi connectivity index (χ0n) is 18.2. The maximum Gasteiger partial charge on any atom is 0.425 e. The summed E-state index contributed by atoms with van der Waals surface area (Å²) in [5.74, 6) is 1.11. The molecule has 1 heterocycles. The van der Waals surface area contributed by atoms with Crippen molar-refractivity contribution in [1.29, 1.82) is 0 Å². The number of halogens is 3. The van der Waals surface area contributed by atoms with E-state index in [0.29, 0.717) is 34.6 Å². The number of methoxy groups -OCH3 is 2. The first-order valence-corrected chi connectivity index (χ1v) is 10.9. The predicted molar refractivity (Wildman–Crippen MR) is 126 cm³/mol. The quantitative estimate of drug-likeness (QED) is 0.475. The van der Waals surface area contributed by atoms with Crippen LogP contribution in [0.4, 0.5) is 29.3 Å². The molecule has 1 atom stereocenters. The van der Waals surface area contributed by atoms with Crippen molar-refractivity contribution in [3.63, 3.8) is 0 Å². The summed E-state index contributed by atoms with van der Waals surface area (Å²) in [6, 6.07) is 19.1. The molecule has 1 saturated heterocycles. The summed E-state index contributed by atoms with van der Waals surface area (Å²) in [7, 11) is 3.00. The van der Waals surface area contributed by atoms with Crippen molar-refractivity contribution in [3.8, 4) is 11.5 Å². The lowest BCUT2D eigenvalue weighted by Gasteiger charge is -2.43. The fourth-order valence-electron chi connectivity index (χ4n) is 3.40. The van der Waals surface area contributed by atoms with Crippen LogP contribution in [-0.4, -0.2) is 31.6 Å². The number of aliphatic imine (C=N–C) groups is 1. The van der Waals surface area contributed by atoms with Crippen LogP contribution in [0.5, 0.6) is 11.5 Å². The highest BCUT2D eigenvalue weighted by Gasteiger charge is 2.62. The Balaban J connectivity index is 1.86. The van der Waals surface area contributed by atoms with Crippen LogP contribution < -0.4 is 19.7 Å². The van der Waals surface area contributed by atoms with Gasteiger partial charge < -0.3 is 14.8 Å². The van der Waals surface area contributed by atoms with Gasteiger partial charge in [-0.25, -0.2) is 14.7 Å². The lowest BCUT2D eigenvalue weighted by atomic mass is 10.1. The number of ether oxygens (including phenoxy) is 2. The van der Waals surface area contributed by atoms with E-state index in [0.717, 1.165) is 4.90 Å². The molecule has 34 heavy (non-hydrogen) atoms. The highest BCUT2D eigenvalue weighted by atomic mass is 32.2. The average molecular weight is 488 g/mol. The minimum Gasteiger partial charge on any atom is -0.497 e. The monoisotopic (exact) mass is 487 g/mol. The second-order valence-electron chi connectivity index (χ2n) is 7.20. The maximum absolute atomic E-state index is 14.6. The van der Waals surface area contributed by atoms with Gasteiger partial charge in [0.1, 0.15) is 11.5 Å². The van der Waals surface area contributed by atoms with Crippen molar-refractivity contribution in [1.82, 2.24) is 5.32 Å². The first-order valence-electron chi connectivity index (χ1n) is 10.1. The molecule has 10 heteroatoms. The molecule has 6 nitrogen and oxygen atoms in total. The van der Waals surface area contributed by atoms with Crippen LogP contribution in [0.2, 0.25) is 0 Å². The summed E-state index contributed by atoms with van der Waals surface area (Å²) in [6.07, 6.45) is -4.82. The number of thioether (sulfide) groups is 1. The lowest BCUT2D eigenvalue weighted by Crippen LogP contribution is -2.63. The number of alkyl halides is 3. The zero-order valence-corrected chi connectivity index (χ0v) is 19.0. The Hall–Kier alpha value is -3.66. The van der Waals surface area contributed by atoms with E-state index in [1.807, 2.05) is 0 Å². The number of nitrogens with one attached hydrogen (secondary N) is 1. The molecule has 1 N–H and O–H groups in total. The maximum atomic E-state index is 14.6. The molecule has 0 aromatic heterocycles. The molecule has 0 spiro atoms. The van der Waals surface area contributed by atoms with Crippen LogP contribution >= 0.6 is 11.8 Å². The summed E-state index contributed by atoms with van der Waals surface area (Å²) in [6.45, 7) is 0. The summed E-state index contributed by atoms with van der Waals surface area (Å²) in [5, 5.41) is 2.05. The van der Waals surface area contributed by atoms with Crippen molar-refractivity contribution in [3.05, 3.63) is 84.4 Å². The minimum atomic E-state index is -4.82. The third kappa shape index (κ3) is 4.41. The summed E-state index contributed by atoms with van der Waals surface area (Å²) >= 11 is 0.417. The highest BCUT2D eigenvalue weighted by Crippen LogP contribution is 2.51. The molecule has 0 saturated carbocycles. The Morgan fingerprint density at radius 1 is 0.882 bits per heavy atom. The van der Waals surface area contributed by atoms with E-state index in [-0.39, 0.29) is 10.7 Å². The minimum absolute atomic E-state index is 0.113. The molecule has 3 aromatic rings. The Labute approximate surface area is 198 Å². The van der Waals surface area contributed by atoms with Gasteiger partial charge in [-0.3, -0.25) is 0 Å². The molecule has 0 radical (unpaired) electrons. The average Bonchev–Trinajstić information content (AvgIpc) is 2.84. The molecule has 0 aliphatic carbocycles. The van der Waals surface area contributed by atoms with Gasteiger partial charge in [0, 0.05) is 0 Å². The number of amidine groups is 1. The van der Waals surface area contributed by atoms with Crippen molar-refractivity contribution in [2.45, 2.75) is 11.0 Å². The van der Waals surface area contributed by atoms with Gasteiger partial charge in [-0.05, 0) is 65.9 Å². The van der Waals surface area contributed by atoms with Crippen LogP contribution in [0.15, 0.2) is 83.9 Å². The topological polar surface area (TPSA) is 63.2 Å². The number of amides is 2. The Morgan fingerprint density at radius 3 is 1.97 bits per heavy atom. The van der Waals surface area contributed by atoms with E-state index in [1.54, 1.807) is 54.6 Å². The summed E-state index contributed by atoms with van der Waals surface area (Å²) < 4.78 is 53.9. The van der Waals surface area contributed by atoms with Crippen molar-refractivity contribution >= 4 is 34.3 Å². The molecule has 4 rings (SSSR count). The lowest BCUT2D eigenvalue weighted by molar-refractivity contribution is -0.167. The number of carbonyl (C=O) groups excluding carboxylic acids is 1. The third-order valence-electron chi connectivity index (χ3n) is 5.13. The first kappa shape index (κ1) is 23.5. The first-order chi connectivity index (χ1) is 16.3. The number of nitrogens with zero attached hydrogens (tertiary/aromatic N) is 2. The van der Waals surface area contributed by atoms with Gasteiger partial charge in [-0.2, -0.15) is 13.2 Å². The number of hydrogen-bond donors (Lipinski definition) is 1. The van der Waals surface area contributed by atoms with Crippen LogP contribution in [0, 0.1) is 0 Å². The van der Waals surface area contributed by atoms with Gasteiger partial charge in [0.25, 0.3) is 0 Å². The van der Waals surface area contributed by atoms with Gasteiger partial charge in [0.05, 0.1) is 25.6 Å². The van der Waals surface area contributed by atoms with E-state index in [4.69, 9.17) is 9.47 Å². The Morgan fingerprint density at radius 2 is 1.44 bits per heavy atom. The van der Waals surface area contributed by atoms with Crippen LogP contribution in [0.25, 0.3) is 0 Å². The molecule has 1 aliphatic rings. The summed E-state index contributed by atoms with van der Waals surface area (Å²) in [5.41, 5.74) is 0.584. The van der Waals surface area contributed by atoms with Gasteiger partial charge in [-0.15, -0.1) is 0 Å². The van der Waals surface area contributed by atoms with Gasteiger partial charge in [-0.1, -0.05) is 30.3 Å². The predicted octanol–water partition coefficient (Wildman–Crippen LogP) is 6.07. The summed E-state index contributed by atoms with van der Waals surface area (Å²) in [4.78, 5) is 16.1. The fraction of sp³-hybridized carbons (Fsp3) is 0.167. The molecular weight excluding hydrogens is 467 g/mol. The van der Waals surface area contributed by atoms with Gasteiger partial charge in [0.15, 0.2) is 5.17 Å². The van der Waals surface area contributed by atoms with Crippen LogP contribution in [0.3, 0.4) is 0 Å². The number of benzene rings is 3. The third-order valence-corrected chi connectivity index (χ3v) is 6.46. The molecular formula is C24H20F3N3O3S. The van der Waals surface area contributed by atoms with E-state index >= 15 is 0 Å². The zero-order chi connectivity index (χ0) is 24.3. The standard InChI is InChI=1S/C24H20F3N3O3S/c1-32-19-12-8-17(9-13-19)28-22-30(18-10-14-20(33-2)15-11-18)21(31)29-23(34-22,24(25,26)27)16-6-4-3-5-7-16/h3-15H,1-2H3,(H,29,31)/t23-/m1/s1. The number of anilines is 1. The Bertz CT molecular complexity index is 1190. The second-order valence-corrected chi connectivity index (χ2v) is 8.38. The van der Waals surface area contributed by atoms with Gasteiger partial charge >= 0.3 is 12.2 Å². The second kappa shape index (κ2) is 9.30. The fourth-order valence-corrected chi connectivity index (χ4v) is 4.61. The molecule has 2 amide bonds. The number of urea groups is 1. The molecule has 0 bridgehead atoms. The largest absolute Gasteiger partial charge is 0.497 e. The smallest absolute Gasteiger partial charge is 0.425 e.